The largest absolute Gasteiger partial charge is 0.489 e. The van der Waals surface area contributed by atoms with Crippen molar-refractivity contribution < 1.29 is 9.53 Å². The van der Waals surface area contributed by atoms with Gasteiger partial charge in [0.1, 0.15) is 18.2 Å². The number of ether oxygens (including phenoxy) is 1. The van der Waals surface area contributed by atoms with Gasteiger partial charge >= 0.3 is 0 Å². The van der Waals surface area contributed by atoms with Gasteiger partial charge in [-0.15, -0.1) is 11.3 Å². The third-order valence-electron chi connectivity index (χ3n) is 4.63. The molecule has 0 fully saturated rings. The third-order valence-corrected chi connectivity index (χ3v) is 5.71. The first-order valence-corrected chi connectivity index (χ1v) is 11.1. The molecule has 0 atom stereocenters. The summed E-state index contributed by atoms with van der Waals surface area (Å²) in [4.78, 5) is 16.8. The van der Waals surface area contributed by atoms with E-state index in [4.69, 9.17) is 16.3 Å². The van der Waals surface area contributed by atoms with E-state index in [2.05, 4.69) is 10.3 Å². The van der Waals surface area contributed by atoms with Gasteiger partial charge in [-0.1, -0.05) is 72.3 Å². The molecule has 0 aliphatic carbocycles. The number of carbonyl (C=O) groups is 1. The number of hydrogen-bond donors (Lipinski definition) is 1. The van der Waals surface area contributed by atoms with Crippen LogP contribution in [0.25, 0.3) is 0 Å². The van der Waals surface area contributed by atoms with E-state index in [9.17, 15) is 4.79 Å². The Hall–Kier alpha value is -3.15. The van der Waals surface area contributed by atoms with Crippen LogP contribution < -0.4 is 10.1 Å². The van der Waals surface area contributed by atoms with Crippen LogP contribution in [-0.4, -0.2) is 10.9 Å². The SMILES string of the molecule is O=C(Cc1ccccc1)Nc1csc(Cc2cc(Cl)ccc2OCc2ccccc2)n1. The van der Waals surface area contributed by atoms with Crippen molar-refractivity contribution in [3.8, 4) is 5.75 Å². The van der Waals surface area contributed by atoms with E-state index in [1.807, 2.05) is 84.2 Å². The lowest BCUT2D eigenvalue weighted by Gasteiger charge is -2.11. The van der Waals surface area contributed by atoms with Gasteiger partial charge < -0.3 is 10.1 Å². The maximum atomic E-state index is 12.3. The highest BCUT2D eigenvalue weighted by Gasteiger charge is 2.11. The summed E-state index contributed by atoms with van der Waals surface area (Å²) in [6.45, 7) is 0.480. The smallest absolute Gasteiger partial charge is 0.229 e. The fraction of sp³-hybridized carbons (Fsp3) is 0.120. The van der Waals surface area contributed by atoms with Crippen molar-refractivity contribution in [3.63, 3.8) is 0 Å². The van der Waals surface area contributed by atoms with Gasteiger partial charge in [-0.25, -0.2) is 4.98 Å². The molecule has 4 nitrogen and oxygen atoms in total. The molecule has 0 saturated heterocycles. The number of carbonyl (C=O) groups excluding carboxylic acids is 1. The molecule has 3 aromatic carbocycles. The van der Waals surface area contributed by atoms with E-state index < -0.39 is 0 Å². The Morgan fingerprint density at radius 1 is 0.968 bits per heavy atom. The fourth-order valence-electron chi connectivity index (χ4n) is 3.14. The Labute approximate surface area is 190 Å². The second kappa shape index (κ2) is 10.2. The zero-order valence-corrected chi connectivity index (χ0v) is 18.3. The summed E-state index contributed by atoms with van der Waals surface area (Å²) >= 11 is 7.72. The first-order chi connectivity index (χ1) is 15.2. The number of nitrogens with zero attached hydrogens (tertiary/aromatic N) is 1. The predicted octanol–water partition coefficient (Wildman–Crippen LogP) is 6.15. The predicted molar refractivity (Wildman–Crippen MR) is 126 cm³/mol. The quantitative estimate of drug-likeness (QED) is 0.352. The molecule has 1 N–H and O–H groups in total. The minimum atomic E-state index is -0.0855. The molecule has 0 unspecified atom stereocenters. The van der Waals surface area contributed by atoms with Crippen molar-refractivity contribution >= 4 is 34.7 Å². The van der Waals surface area contributed by atoms with Gasteiger partial charge in [0.05, 0.1) is 11.4 Å². The molecule has 4 rings (SSSR count). The summed E-state index contributed by atoms with van der Waals surface area (Å²) in [5.74, 6) is 1.26. The number of benzene rings is 3. The Morgan fingerprint density at radius 3 is 2.42 bits per heavy atom. The van der Waals surface area contributed by atoms with Gasteiger partial charge in [0.2, 0.25) is 5.91 Å². The zero-order chi connectivity index (χ0) is 21.5. The molecular formula is C25H21ClN2O2S. The van der Waals surface area contributed by atoms with Crippen LogP contribution in [0.2, 0.25) is 5.02 Å². The second-order valence-electron chi connectivity index (χ2n) is 7.04. The van der Waals surface area contributed by atoms with Crippen LogP contribution in [0.1, 0.15) is 21.7 Å². The molecule has 4 aromatic rings. The van der Waals surface area contributed by atoms with E-state index in [0.29, 0.717) is 30.3 Å². The Kier molecular flexibility index (Phi) is 6.97. The lowest BCUT2D eigenvalue weighted by atomic mass is 10.1. The van der Waals surface area contributed by atoms with E-state index in [1.54, 1.807) is 0 Å². The van der Waals surface area contributed by atoms with Crippen LogP contribution in [0.15, 0.2) is 84.2 Å². The maximum Gasteiger partial charge on any atom is 0.229 e. The Balaban J connectivity index is 1.40. The molecule has 0 radical (unpaired) electrons. The highest BCUT2D eigenvalue weighted by Crippen LogP contribution is 2.28. The highest BCUT2D eigenvalue weighted by molar-refractivity contribution is 7.10. The second-order valence-corrected chi connectivity index (χ2v) is 8.42. The highest BCUT2D eigenvalue weighted by atomic mass is 35.5. The molecule has 0 aliphatic heterocycles. The van der Waals surface area contributed by atoms with Crippen LogP contribution in [0.4, 0.5) is 5.82 Å². The summed E-state index contributed by atoms with van der Waals surface area (Å²) < 4.78 is 6.04. The third kappa shape index (κ3) is 6.17. The molecule has 1 aromatic heterocycles. The number of halogens is 1. The van der Waals surface area contributed by atoms with Crippen molar-refractivity contribution in [3.05, 3.63) is 111 Å². The average Bonchev–Trinajstić information content (AvgIpc) is 3.21. The summed E-state index contributed by atoms with van der Waals surface area (Å²) in [6, 6.07) is 25.3. The van der Waals surface area contributed by atoms with Gasteiger partial charge in [-0.05, 0) is 29.3 Å². The molecule has 156 valence electrons. The standard InChI is InChI=1S/C25H21ClN2O2S/c26-21-11-12-22(30-16-19-9-5-2-6-10-19)20(14-21)15-25-28-23(17-31-25)27-24(29)13-18-7-3-1-4-8-18/h1-12,14,17H,13,15-16H2,(H,27,29). The topological polar surface area (TPSA) is 51.2 Å². The molecule has 6 heteroatoms. The summed E-state index contributed by atoms with van der Waals surface area (Å²) in [5, 5.41) is 6.25. The van der Waals surface area contributed by atoms with E-state index in [0.717, 1.165) is 27.4 Å². The lowest BCUT2D eigenvalue weighted by molar-refractivity contribution is -0.115. The first kappa shape index (κ1) is 21.1. The van der Waals surface area contributed by atoms with Crippen molar-refractivity contribution in [2.75, 3.05) is 5.32 Å². The molecular weight excluding hydrogens is 428 g/mol. The number of aromatic nitrogens is 1. The summed E-state index contributed by atoms with van der Waals surface area (Å²) in [5.41, 5.74) is 3.02. The maximum absolute atomic E-state index is 12.3. The number of rotatable bonds is 8. The van der Waals surface area contributed by atoms with Gasteiger partial charge in [0, 0.05) is 22.4 Å². The van der Waals surface area contributed by atoms with Gasteiger partial charge in [0.15, 0.2) is 0 Å². The minimum absolute atomic E-state index is 0.0855. The van der Waals surface area contributed by atoms with E-state index >= 15 is 0 Å². The van der Waals surface area contributed by atoms with Gasteiger partial charge in [-0.3, -0.25) is 4.79 Å². The van der Waals surface area contributed by atoms with Crippen LogP contribution in [0, 0.1) is 0 Å². The lowest BCUT2D eigenvalue weighted by Crippen LogP contribution is -2.14. The fourth-order valence-corrected chi connectivity index (χ4v) is 4.09. The van der Waals surface area contributed by atoms with Gasteiger partial charge in [-0.2, -0.15) is 0 Å². The van der Waals surface area contributed by atoms with Crippen molar-refractivity contribution in [2.24, 2.45) is 0 Å². The number of hydrogen-bond acceptors (Lipinski definition) is 4. The Morgan fingerprint density at radius 2 is 1.68 bits per heavy atom. The first-order valence-electron chi connectivity index (χ1n) is 9.89. The average molecular weight is 449 g/mol. The Bertz CT molecular complexity index is 1150. The van der Waals surface area contributed by atoms with Crippen LogP contribution in [0.3, 0.4) is 0 Å². The van der Waals surface area contributed by atoms with E-state index in [-0.39, 0.29) is 5.91 Å². The van der Waals surface area contributed by atoms with Crippen LogP contribution in [0.5, 0.6) is 5.75 Å². The van der Waals surface area contributed by atoms with Crippen molar-refractivity contribution in [2.45, 2.75) is 19.4 Å². The summed E-state index contributed by atoms with van der Waals surface area (Å²) in [7, 11) is 0. The van der Waals surface area contributed by atoms with Gasteiger partial charge in [0.25, 0.3) is 0 Å². The van der Waals surface area contributed by atoms with Crippen molar-refractivity contribution in [1.82, 2.24) is 4.98 Å². The molecule has 1 amide bonds. The minimum Gasteiger partial charge on any atom is -0.489 e. The van der Waals surface area contributed by atoms with Crippen LogP contribution in [-0.2, 0) is 24.2 Å². The van der Waals surface area contributed by atoms with E-state index in [1.165, 1.54) is 11.3 Å². The molecule has 0 aliphatic rings. The summed E-state index contributed by atoms with van der Waals surface area (Å²) in [6.07, 6.45) is 0.892. The molecule has 0 spiro atoms. The van der Waals surface area contributed by atoms with Crippen LogP contribution >= 0.6 is 22.9 Å². The van der Waals surface area contributed by atoms with Crippen molar-refractivity contribution in [1.29, 1.82) is 0 Å². The molecule has 0 saturated carbocycles. The number of thiazole rings is 1. The number of anilines is 1. The number of amides is 1. The number of nitrogens with one attached hydrogen (secondary N) is 1. The normalized spacial score (nSPS) is 10.6. The molecule has 31 heavy (non-hydrogen) atoms. The zero-order valence-electron chi connectivity index (χ0n) is 16.8. The molecule has 0 bridgehead atoms. The monoisotopic (exact) mass is 448 g/mol. The molecule has 1 heterocycles.